The summed E-state index contributed by atoms with van der Waals surface area (Å²) < 4.78 is 16.4. The van der Waals surface area contributed by atoms with Gasteiger partial charge >= 0.3 is 0 Å². The number of hydrogen-bond acceptors (Lipinski definition) is 7. The second-order valence-electron chi connectivity index (χ2n) is 8.22. The molecular weight excluding hydrogens is 448 g/mol. The van der Waals surface area contributed by atoms with E-state index in [1.54, 1.807) is 30.3 Å². The standard InChI is InChI=1S/C27H30N2O6/c1-33-24-11-10-23(25(26(24)31)19-4-2-5-21(30)18-19)27(32)28-20-6-8-22(9-7-20)35-15-3-12-29-13-16-34-17-14-29/h2,4-11,18,30-31H,3,12-17H2,1H3,(H,28,32). The Kier molecular flexibility index (Phi) is 8.07. The molecule has 1 heterocycles. The molecule has 8 heteroatoms. The topological polar surface area (TPSA) is 100 Å². The zero-order chi connectivity index (χ0) is 24.6. The van der Waals surface area contributed by atoms with Gasteiger partial charge in [0.15, 0.2) is 11.5 Å². The molecule has 4 rings (SSSR count). The highest BCUT2D eigenvalue weighted by Gasteiger charge is 2.20. The normalized spacial score (nSPS) is 13.9. The number of morpholine rings is 1. The van der Waals surface area contributed by atoms with E-state index in [9.17, 15) is 15.0 Å². The zero-order valence-corrected chi connectivity index (χ0v) is 19.7. The average Bonchev–Trinajstić information content (AvgIpc) is 2.88. The van der Waals surface area contributed by atoms with E-state index in [2.05, 4.69) is 10.2 Å². The smallest absolute Gasteiger partial charge is 0.256 e. The van der Waals surface area contributed by atoms with Crippen LogP contribution in [0.4, 0.5) is 5.69 Å². The number of carbonyl (C=O) groups is 1. The summed E-state index contributed by atoms with van der Waals surface area (Å²) in [6, 6.07) is 16.6. The van der Waals surface area contributed by atoms with E-state index in [4.69, 9.17) is 14.2 Å². The van der Waals surface area contributed by atoms with Crippen molar-refractivity contribution in [2.75, 3.05) is 51.9 Å². The maximum atomic E-state index is 13.1. The summed E-state index contributed by atoms with van der Waals surface area (Å²) in [5.74, 6) is 0.409. The monoisotopic (exact) mass is 478 g/mol. The number of nitrogens with zero attached hydrogens (tertiary/aromatic N) is 1. The summed E-state index contributed by atoms with van der Waals surface area (Å²) in [4.78, 5) is 15.5. The van der Waals surface area contributed by atoms with Crippen LogP contribution in [0.5, 0.6) is 23.0 Å². The van der Waals surface area contributed by atoms with Crippen molar-refractivity contribution in [3.8, 4) is 34.1 Å². The Morgan fingerprint density at radius 3 is 2.54 bits per heavy atom. The van der Waals surface area contributed by atoms with E-state index in [-0.39, 0.29) is 28.4 Å². The fourth-order valence-corrected chi connectivity index (χ4v) is 4.02. The molecule has 8 nitrogen and oxygen atoms in total. The van der Waals surface area contributed by atoms with Crippen LogP contribution >= 0.6 is 0 Å². The molecular formula is C27H30N2O6. The van der Waals surface area contributed by atoms with Gasteiger partial charge in [-0.15, -0.1) is 0 Å². The molecule has 184 valence electrons. The second-order valence-corrected chi connectivity index (χ2v) is 8.22. The van der Waals surface area contributed by atoms with Gasteiger partial charge in [-0.2, -0.15) is 0 Å². The largest absolute Gasteiger partial charge is 0.508 e. The minimum Gasteiger partial charge on any atom is -0.508 e. The number of phenolic OH excluding ortho intramolecular Hbond substituents is 2. The lowest BCUT2D eigenvalue weighted by atomic mass is 9.97. The Hall–Kier alpha value is -3.75. The van der Waals surface area contributed by atoms with Crippen LogP contribution in [0, 0.1) is 0 Å². The molecule has 0 unspecified atom stereocenters. The highest BCUT2D eigenvalue weighted by Crippen LogP contribution is 2.40. The first-order valence-electron chi connectivity index (χ1n) is 11.6. The maximum Gasteiger partial charge on any atom is 0.256 e. The molecule has 35 heavy (non-hydrogen) atoms. The van der Waals surface area contributed by atoms with Crippen LogP contribution in [0.1, 0.15) is 16.8 Å². The number of carbonyl (C=O) groups excluding carboxylic acids is 1. The van der Waals surface area contributed by atoms with Crippen molar-refractivity contribution in [1.29, 1.82) is 0 Å². The van der Waals surface area contributed by atoms with E-state index in [0.717, 1.165) is 45.0 Å². The molecule has 1 saturated heterocycles. The van der Waals surface area contributed by atoms with Crippen molar-refractivity contribution in [1.82, 2.24) is 4.90 Å². The SMILES string of the molecule is COc1ccc(C(=O)Nc2ccc(OCCCN3CCOCC3)cc2)c(-c2cccc(O)c2)c1O. The van der Waals surface area contributed by atoms with Crippen LogP contribution in [-0.2, 0) is 4.74 Å². The van der Waals surface area contributed by atoms with Crippen molar-refractivity contribution in [3.05, 3.63) is 66.2 Å². The third-order valence-corrected chi connectivity index (χ3v) is 5.84. The number of methoxy groups -OCH3 is 1. The van der Waals surface area contributed by atoms with Gasteiger partial charge in [0.1, 0.15) is 11.5 Å². The molecule has 0 aliphatic carbocycles. The summed E-state index contributed by atoms with van der Waals surface area (Å²) >= 11 is 0. The Labute approximate surface area is 204 Å². The van der Waals surface area contributed by atoms with Crippen molar-refractivity contribution in [2.24, 2.45) is 0 Å². The van der Waals surface area contributed by atoms with Gasteiger partial charge in [0.05, 0.1) is 32.5 Å². The minimum atomic E-state index is -0.402. The third kappa shape index (κ3) is 6.23. The first-order chi connectivity index (χ1) is 17.0. The summed E-state index contributed by atoms with van der Waals surface area (Å²) in [6.07, 6.45) is 0.928. The number of aromatic hydroxyl groups is 2. The molecule has 0 saturated carbocycles. The van der Waals surface area contributed by atoms with Crippen LogP contribution in [0.3, 0.4) is 0 Å². The van der Waals surface area contributed by atoms with Crippen molar-refractivity contribution >= 4 is 11.6 Å². The molecule has 1 aliphatic heterocycles. The Morgan fingerprint density at radius 1 is 1.06 bits per heavy atom. The van der Waals surface area contributed by atoms with Gasteiger partial charge in [-0.05, 0) is 60.5 Å². The van der Waals surface area contributed by atoms with Gasteiger partial charge in [-0.3, -0.25) is 9.69 Å². The summed E-state index contributed by atoms with van der Waals surface area (Å²) in [5, 5.41) is 23.5. The molecule has 1 aliphatic rings. The molecule has 0 bridgehead atoms. The molecule has 0 atom stereocenters. The summed E-state index contributed by atoms with van der Waals surface area (Å²) in [6.45, 7) is 5.11. The minimum absolute atomic E-state index is 0.0246. The number of anilines is 1. The average molecular weight is 479 g/mol. The lowest BCUT2D eigenvalue weighted by Gasteiger charge is -2.26. The quantitative estimate of drug-likeness (QED) is 0.398. The third-order valence-electron chi connectivity index (χ3n) is 5.84. The van der Waals surface area contributed by atoms with E-state index >= 15 is 0 Å². The molecule has 0 aromatic heterocycles. The molecule has 0 spiro atoms. The lowest BCUT2D eigenvalue weighted by molar-refractivity contribution is 0.0358. The molecule has 1 amide bonds. The predicted molar refractivity (Wildman–Crippen MR) is 134 cm³/mol. The van der Waals surface area contributed by atoms with Gasteiger partial charge in [0.2, 0.25) is 0 Å². The Balaban J connectivity index is 1.41. The highest BCUT2D eigenvalue weighted by atomic mass is 16.5. The first-order valence-corrected chi connectivity index (χ1v) is 11.6. The fourth-order valence-electron chi connectivity index (χ4n) is 4.02. The number of ether oxygens (including phenoxy) is 3. The maximum absolute atomic E-state index is 13.1. The summed E-state index contributed by atoms with van der Waals surface area (Å²) in [5.41, 5.74) is 1.61. The predicted octanol–water partition coefficient (Wildman–Crippen LogP) is 4.13. The van der Waals surface area contributed by atoms with Crippen LogP contribution in [0.15, 0.2) is 60.7 Å². The zero-order valence-electron chi connectivity index (χ0n) is 19.7. The molecule has 3 aromatic rings. The van der Waals surface area contributed by atoms with Gasteiger partial charge in [-0.25, -0.2) is 0 Å². The number of hydrogen-bond donors (Lipinski definition) is 3. The van der Waals surface area contributed by atoms with E-state index in [0.29, 0.717) is 17.9 Å². The van der Waals surface area contributed by atoms with Crippen LogP contribution < -0.4 is 14.8 Å². The van der Waals surface area contributed by atoms with E-state index < -0.39 is 5.91 Å². The van der Waals surface area contributed by atoms with Crippen LogP contribution in [-0.4, -0.2) is 67.6 Å². The number of rotatable bonds is 9. The summed E-state index contributed by atoms with van der Waals surface area (Å²) in [7, 11) is 1.44. The Bertz CT molecular complexity index is 1140. The van der Waals surface area contributed by atoms with Crippen molar-refractivity contribution in [3.63, 3.8) is 0 Å². The number of amides is 1. The molecule has 1 fully saturated rings. The van der Waals surface area contributed by atoms with Crippen molar-refractivity contribution < 1.29 is 29.2 Å². The van der Waals surface area contributed by atoms with Gasteiger partial charge < -0.3 is 29.7 Å². The second kappa shape index (κ2) is 11.6. The highest BCUT2D eigenvalue weighted by molar-refractivity contribution is 6.10. The van der Waals surface area contributed by atoms with Gasteiger partial charge in [0, 0.05) is 30.9 Å². The first kappa shape index (κ1) is 24.4. The van der Waals surface area contributed by atoms with Crippen LogP contribution in [0.25, 0.3) is 11.1 Å². The molecule has 3 aromatic carbocycles. The Morgan fingerprint density at radius 2 is 1.83 bits per heavy atom. The molecule has 3 N–H and O–H groups in total. The number of benzene rings is 3. The van der Waals surface area contributed by atoms with Crippen LogP contribution in [0.2, 0.25) is 0 Å². The number of nitrogens with one attached hydrogen (secondary N) is 1. The van der Waals surface area contributed by atoms with Gasteiger partial charge in [0.25, 0.3) is 5.91 Å². The van der Waals surface area contributed by atoms with E-state index in [1.807, 2.05) is 12.1 Å². The molecule has 0 radical (unpaired) electrons. The number of phenols is 2. The van der Waals surface area contributed by atoms with Gasteiger partial charge in [-0.1, -0.05) is 12.1 Å². The van der Waals surface area contributed by atoms with Crippen molar-refractivity contribution in [2.45, 2.75) is 6.42 Å². The van der Waals surface area contributed by atoms with E-state index in [1.165, 1.54) is 25.3 Å². The lowest BCUT2D eigenvalue weighted by Crippen LogP contribution is -2.37. The fraction of sp³-hybridized carbons (Fsp3) is 0.296.